The molecule has 1 N–H and O–H groups in total. The molecule has 1 amide bonds. The third-order valence-electron chi connectivity index (χ3n) is 4.32. The normalized spacial score (nSPS) is 10.7. The minimum atomic E-state index is -4.12. The number of ether oxygens (including phenoxy) is 1. The van der Waals surface area contributed by atoms with Gasteiger partial charge in [-0.25, -0.2) is 8.42 Å². The number of sulfonamides is 1. The number of nitriles is 1. The molecule has 0 bridgehead atoms. The van der Waals surface area contributed by atoms with Crippen LogP contribution in [-0.4, -0.2) is 28.0 Å². The molecular weight excluding hydrogens is 438 g/mol. The van der Waals surface area contributed by atoms with Gasteiger partial charge in [-0.1, -0.05) is 29.8 Å². The molecule has 0 atom stereocenters. The molecule has 158 valence electrons. The third-order valence-corrected chi connectivity index (χ3v) is 6.34. The van der Waals surface area contributed by atoms with Crippen molar-refractivity contribution in [1.82, 2.24) is 0 Å². The highest BCUT2D eigenvalue weighted by Gasteiger charge is 2.29. The van der Waals surface area contributed by atoms with Crippen LogP contribution in [0, 0.1) is 11.3 Å². The SMILES string of the molecule is COc1ccccc1N(CC(=O)Nc1cccc(C#N)c1)S(=O)(=O)c1ccc(Cl)cc1. The molecule has 0 aliphatic rings. The molecule has 31 heavy (non-hydrogen) atoms. The second kappa shape index (κ2) is 9.51. The molecule has 3 aromatic rings. The highest BCUT2D eigenvalue weighted by atomic mass is 35.5. The number of amides is 1. The van der Waals surface area contributed by atoms with Gasteiger partial charge in [0.25, 0.3) is 10.0 Å². The molecule has 7 nitrogen and oxygen atoms in total. The lowest BCUT2D eigenvalue weighted by Crippen LogP contribution is -2.38. The van der Waals surface area contributed by atoms with Gasteiger partial charge in [0.05, 0.1) is 29.3 Å². The van der Waals surface area contributed by atoms with Crippen LogP contribution in [0.25, 0.3) is 0 Å². The summed E-state index contributed by atoms with van der Waals surface area (Å²) in [4.78, 5) is 12.7. The van der Waals surface area contributed by atoms with Crippen LogP contribution in [0.3, 0.4) is 0 Å². The average Bonchev–Trinajstić information content (AvgIpc) is 2.77. The van der Waals surface area contributed by atoms with Gasteiger partial charge in [-0.05, 0) is 54.6 Å². The van der Waals surface area contributed by atoms with Crippen molar-refractivity contribution < 1.29 is 17.9 Å². The van der Waals surface area contributed by atoms with E-state index in [1.54, 1.807) is 42.5 Å². The molecule has 0 saturated carbocycles. The van der Waals surface area contributed by atoms with Gasteiger partial charge >= 0.3 is 0 Å². The first-order valence-electron chi connectivity index (χ1n) is 9.06. The number of carbonyl (C=O) groups excluding carboxylic acids is 1. The first-order valence-corrected chi connectivity index (χ1v) is 10.9. The first kappa shape index (κ1) is 22.2. The van der Waals surface area contributed by atoms with E-state index in [-0.39, 0.29) is 10.6 Å². The third kappa shape index (κ3) is 5.15. The standard InChI is InChI=1S/C22H18ClN3O4S/c1-30-21-8-3-2-7-20(21)26(31(28,29)19-11-9-17(23)10-12-19)15-22(27)25-18-6-4-5-16(13-18)14-24/h2-13H,15H2,1H3,(H,25,27). The van der Waals surface area contributed by atoms with E-state index in [0.717, 1.165) is 4.31 Å². The Balaban J connectivity index is 1.99. The fourth-order valence-corrected chi connectivity index (χ4v) is 4.42. The van der Waals surface area contributed by atoms with E-state index < -0.39 is 22.5 Å². The van der Waals surface area contributed by atoms with E-state index in [1.807, 2.05) is 6.07 Å². The second-order valence-electron chi connectivity index (χ2n) is 6.38. The summed E-state index contributed by atoms with van der Waals surface area (Å²) in [5, 5.41) is 12.0. The summed E-state index contributed by atoms with van der Waals surface area (Å²) in [6.45, 7) is -0.512. The molecule has 3 aromatic carbocycles. The summed E-state index contributed by atoms with van der Waals surface area (Å²) in [6.07, 6.45) is 0. The predicted molar refractivity (Wildman–Crippen MR) is 119 cm³/mol. The Labute approximate surface area is 185 Å². The zero-order chi connectivity index (χ0) is 22.4. The second-order valence-corrected chi connectivity index (χ2v) is 8.68. The fraction of sp³-hybridized carbons (Fsp3) is 0.0909. The van der Waals surface area contributed by atoms with Crippen LogP contribution in [0.1, 0.15) is 5.56 Å². The van der Waals surface area contributed by atoms with Crippen molar-refractivity contribution in [2.75, 3.05) is 23.3 Å². The molecule has 0 radical (unpaired) electrons. The van der Waals surface area contributed by atoms with Gasteiger partial charge in [0, 0.05) is 10.7 Å². The summed E-state index contributed by atoms with van der Waals surface area (Å²) in [5.74, 6) is -0.294. The van der Waals surface area contributed by atoms with Gasteiger partial charge in [0.15, 0.2) is 0 Å². The largest absolute Gasteiger partial charge is 0.495 e. The summed E-state index contributed by atoms with van der Waals surface area (Å²) in [6, 6.07) is 20.5. The van der Waals surface area contributed by atoms with Gasteiger partial charge in [-0.15, -0.1) is 0 Å². The van der Waals surface area contributed by atoms with Crippen LogP contribution in [0.4, 0.5) is 11.4 Å². The topological polar surface area (TPSA) is 99.5 Å². The summed E-state index contributed by atoms with van der Waals surface area (Å²) in [7, 11) is -2.71. The van der Waals surface area contributed by atoms with Crippen molar-refractivity contribution in [2.24, 2.45) is 0 Å². The smallest absolute Gasteiger partial charge is 0.264 e. The molecule has 0 aromatic heterocycles. The Bertz CT molecular complexity index is 1240. The maximum Gasteiger partial charge on any atom is 0.264 e. The quantitative estimate of drug-likeness (QED) is 0.579. The Morgan fingerprint density at radius 2 is 1.81 bits per heavy atom. The number of rotatable bonds is 7. The summed E-state index contributed by atoms with van der Waals surface area (Å²) in [5.41, 5.74) is 0.960. The number of nitrogens with zero attached hydrogens (tertiary/aromatic N) is 2. The number of hydrogen-bond acceptors (Lipinski definition) is 5. The average molecular weight is 456 g/mol. The Morgan fingerprint density at radius 3 is 2.48 bits per heavy atom. The van der Waals surface area contributed by atoms with Crippen LogP contribution in [0.2, 0.25) is 5.02 Å². The first-order chi connectivity index (χ1) is 14.8. The number of hydrogen-bond donors (Lipinski definition) is 1. The van der Waals surface area contributed by atoms with Crippen LogP contribution in [0.15, 0.2) is 77.7 Å². The van der Waals surface area contributed by atoms with E-state index in [0.29, 0.717) is 22.0 Å². The van der Waals surface area contributed by atoms with Crippen molar-refractivity contribution in [3.8, 4) is 11.8 Å². The Hall–Kier alpha value is -3.54. The molecule has 0 aliphatic heterocycles. The van der Waals surface area contributed by atoms with Gasteiger partial charge in [-0.2, -0.15) is 5.26 Å². The van der Waals surface area contributed by atoms with Crippen molar-refractivity contribution >= 4 is 38.9 Å². The predicted octanol–water partition coefficient (Wildman–Crippen LogP) is 4.05. The number of para-hydroxylation sites is 2. The van der Waals surface area contributed by atoms with Gasteiger partial charge in [0.1, 0.15) is 12.3 Å². The number of anilines is 2. The van der Waals surface area contributed by atoms with E-state index >= 15 is 0 Å². The van der Waals surface area contributed by atoms with Crippen LogP contribution >= 0.6 is 11.6 Å². The van der Waals surface area contributed by atoms with Gasteiger partial charge in [-0.3, -0.25) is 9.10 Å². The molecule has 3 rings (SSSR count). The maximum atomic E-state index is 13.4. The number of benzene rings is 3. The Morgan fingerprint density at radius 1 is 1.10 bits per heavy atom. The molecular formula is C22H18ClN3O4S. The number of nitrogens with one attached hydrogen (secondary N) is 1. The minimum Gasteiger partial charge on any atom is -0.495 e. The summed E-state index contributed by atoms with van der Waals surface area (Å²) < 4.78 is 33.1. The van der Waals surface area contributed by atoms with Gasteiger partial charge < -0.3 is 10.1 Å². The monoisotopic (exact) mass is 455 g/mol. The molecule has 9 heteroatoms. The molecule has 0 fully saturated rings. The molecule has 0 spiro atoms. The zero-order valence-electron chi connectivity index (χ0n) is 16.4. The number of halogens is 1. The van der Waals surface area contributed by atoms with Crippen molar-refractivity contribution in [3.63, 3.8) is 0 Å². The minimum absolute atomic E-state index is 0.0258. The lowest BCUT2D eigenvalue weighted by atomic mass is 10.2. The van der Waals surface area contributed by atoms with Crippen molar-refractivity contribution in [2.45, 2.75) is 4.90 Å². The highest BCUT2D eigenvalue weighted by molar-refractivity contribution is 7.92. The van der Waals surface area contributed by atoms with E-state index in [1.165, 1.54) is 37.4 Å². The molecule has 0 saturated heterocycles. The van der Waals surface area contributed by atoms with Crippen LogP contribution in [-0.2, 0) is 14.8 Å². The van der Waals surface area contributed by atoms with Crippen LogP contribution in [0.5, 0.6) is 5.75 Å². The lowest BCUT2D eigenvalue weighted by molar-refractivity contribution is -0.114. The van der Waals surface area contributed by atoms with E-state index in [4.69, 9.17) is 21.6 Å². The maximum absolute atomic E-state index is 13.4. The fourth-order valence-electron chi connectivity index (χ4n) is 2.87. The molecule has 0 heterocycles. The van der Waals surface area contributed by atoms with Crippen LogP contribution < -0.4 is 14.4 Å². The number of methoxy groups -OCH3 is 1. The number of carbonyl (C=O) groups is 1. The Kier molecular flexibility index (Phi) is 6.80. The molecule has 0 unspecified atom stereocenters. The van der Waals surface area contributed by atoms with E-state index in [2.05, 4.69) is 5.32 Å². The summed E-state index contributed by atoms with van der Waals surface area (Å²) >= 11 is 5.89. The lowest BCUT2D eigenvalue weighted by Gasteiger charge is -2.25. The highest BCUT2D eigenvalue weighted by Crippen LogP contribution is 2.32. The van der Waals surface area contributed by atoms with Crippen molar-refractivity contribution in [1.29, 1.82) is 5.26 Å². The van der Waals surface area contributed by atoms with Gasteiger partial charge in [0.2, 0.25) is 5.91 Å². The zero-order valence-corrected chi connectivity index (χ0v) is 18.0. The van der Waals surface area contributed by atoms with Crippen molar-refractivity contribution in [3.05, 3.63) is 83.4 Å². The molecule has 0 aliphatic carbocycles. The van der Waals surface area contributed by atoms with E-state index in [9.17, 15) is 13.2 Å².